The number of nitrogens with zero attached hydrogens (tertiary/aromatic N) is 2. The van der Waals surface area contributed by atoms with E-state index in [1.807, 2.05) is 18.2 Å². The van der Waals surface area contributed by atoms with Gasteiger partial charge in [0.25, 0.3) is 5.91 Å². The van der Waals surface area contributed by atoms with Crippen molar-refractivity contribution >= 4 is 43.2 Å². The monoisotopic (exact) mass is 495 g/mol. The summed E-state index contributed by atoms with van der Waals surface area (Å²) in [5.41, 5.74) is 3.22. The van der Waals surface area contributed by atoms with Gasteiger partial charge in [-0.1, -0.05) is 18.2 Å². The third kappa shape index (κ3) is 4.66. The summed E-state index contributed by atoms with van der Waals surface area (Å²) in [6.07, 6.45) is 0. The van der Waals surface area contributed by atoms with E-state index in [1.165, 1.54) is 27.8 Å². The molecular formula is C24H21N3O5S2. The summed E-state index contributed by atoms with van der Waals surface area (Å²) in [7, 11) is -3.76. The summed E-state index contributed by atoms with van der Waals surface area (Å²) >= 11 is 1.44. The molecule has 174 valence electrons. The van der Waals surface area contributed by atoms with Crippen LogP contribution in [0.15, 0.2) is 77.1 Å². The number of amides is 1. The van der Waals surface area contributed by atoms with Gasteiger partial charge in [0, 0.05) is 18.7 Å². The molecule has 1 aliphatic rings. The van der Waals surface area contributed by atoms with Gasteiger partial charge in [-0.2, -0.15) is 4.31 Å². The third-order valence-electron chi connectivity index (χ3n) is 5.37. The largest absolute Gasteiger partial charge is 0.455 e. The third-order valence-corrected chi connectivity index (χ3v) is 8.06. The van der Waals surface area contributed by atoms with Gasteiger partial charge in [-0.15, -0.1) is 11.3 Å². The number of anilines is 1. The van der Waals surface area contributed by atoms with Gasteiger partial charge < -0.3 is 14.8 Å². The second kappa shape index (κ2) is 9.51. The standard InChI is InChI=1S/C24H21N3O5S2/c28-24(17-6-8-20-23(14-17)33-16-25-20)26-21-15-19(34(29,30)27-10-12-31-13-11-27)7-9-22(21)32-18-4-2-1-3-5-18/h1-9,14-16H,10-13H2,(H,26,28). The van der Waals surface area contributed by atoms with Crippen LogP contribution in [-0.2, 0) is 14.8 Å². The van der Waals surface area contributed by atoms with Crippen molar-refractivity contribution in [2.75, 3.05) is 31.6 Å². The molecule has 0 saturated carbocycles. The summed E-state index contributed by atoms with van der Waals surface area (Å²) in [4.78, 5) is 17.4. The Labute approximate surface area is 200 Å². The maximum absolute atomic E-state index is 13.2. The first-order valence-corrected chi connectivity index (χ1v) is 12.9. The lowest BCUT2D eigenvalue weighted by molar-refractivity contribution is 0.0730. The number of sulfonamides is 1. The summed E-state index contributed by atoms with van der Waals surface area (Å²) in [5.74, 6) is 0.515. The lowest BCUT2D eigenvalue weighted by atomic mass is 10.2. The van der Waals surface area contributed by atoms with Gasteiger partial charge in [-0.05, 0) is 48.5 Å². The number of ether oxygens (including phenoxy) is 2. The summed E-state index contributed by atoms with van der Waals surface area (Å²) in [6.45, 7) is 1.25. The number of fused-ring (bicyclic) bond motifs is 1. The van der Waals surface area contributed by atoms with Crippen LogP contribution in [0, 0.1) is 0 Å². The maximum atomic E-state index is 13.2. The number of benzene rings is 3. The van der Waals surface area contributed by atoms with Gasteiger partial charge in [0.2, 0.25) is 10.0 Å². The molecule has 0 atom stereocenters. The highest BCUT2D eigenvalue weighted by molar-refractivity contribution is 7.89. The smallest absolute Gasteiger partial charge is 0.255 e. The van der Waals surface area contributed by atoms with E-state index in [9.17, 15) is 13.2 Å². The molecule has 3 aromatic carbocycles. The first kappa shape index (κ1) is 22.5. The normalized spacial score (nSPS) is 14.7. The molecule has 34 heavy (non-hydrogen) atoms. The van der Waals surface area contributed by atoms with Gasteiger partial charge in [0.1, 0.15) is 5.75 Å². The highest BCUT2D eigenvalue weighted by Crippen LogP contribution is 2.33. The zero-order chi connectivity index (χ0) is 23.5. The molecule has 1 amide bonds. The van der Waals surface area contributed by atoms with Crippen LogP contribution in [-0.4, -0.2) is 49.9 Å². The molecular weight excluding hydrogens is 474 g/mol. The number of hydrogen-bond acceptors (Lipinski definition) is 7. The fraction of sp³-hybridized carbons (Fsp3) is 0.167. The van der Waals surface area contributed by atoms with Crippen molar-refractivity contribution in [1.82, 2.24) is 9.29 Å². The molecule has 0 aliphatic carbocycles. The molecule has 0 bridgehead atoms. The number of hydrogen-bond donors (Lipinski definition) is 1. The minimum atomic E-state index is -3.76. The first-order valence-electron chi connectivity index (χ1n) is 10.6. The minimum Gasteiger partial charge on any atom is -0.455 e. The van der Waals surface area contributed by atoms with E-state index >= 15 is 0 Å². The number of rotatable bonds is 6. The molecule has 4 aromatic rings. The van der Waals surface area contributed by atoms with Crippen LogP contribution in [0.4, 0.5) is 5.69 Å². The van der Waals surface area contributed by atoms with Crippen LogP contribution < -0.4 is 10.1 Å². The van der Waals surface area contributed by atoms with E-state index < -0.39 is 10.0 Å². The van der Waals surface area contributed by atoms with E-state index in [1.54, 1.807) is 41.9 Å². The van der Waals surface area contributed by atoms with Crippen molar-refractivity contribution in [3.05, 3.63) is 77.8 Å². The van der Waals surface area contributed by atoms with Crippen molar-refractivity contribution in [2.24, 2.45) is 0 Å². The Kier molecular flexibility index (Phi) is 6.29. The van der Waals surface area contributed by atoms with Crippen molar-refractivity contribution in [3.63, 3.8) is 0 Å². The fourth-order valence-electron chi connectivity index (χ4n) is 3.60. The molecule has 1 N–H and O–H groups in total. The zero-order valence-electron chi connectivity index (χ0n) is 18.0. The van der Waals surface area contributed by atoms with Gasteiger partial charge in [-0.25, -0.2) is 13.4 Å². The van der Waals surface area contributed by atoms with Gasteiger partial charge >= 0.3 is 0 Å². The van der Waals surface area contributed by atoms with E-state index in [0.29, 0.717) is 30.3 Å². The predicted octanol–water partition coefficient (Wildman–Crippen LogP) is 4.36. The average Bonchev–Trinajstić information content (AvgIpc) is 3.34. The Morgan fingerprint density at radius 1 is 1.03 bits per heavy atom. The topological polar surface area (TPSA) is 97.8 Å². The highest BCUT2D eigenvalue weighted by Gasteiger charge is 2.27. The van der Waals surface area contributed by atoms with E-state index in [-0.39, 0.29) is 29.6 Å². The van der Waals surface area contributed by atoms with Gasteiger partial charge in [0.15, 0.2) is 5.75 Å². The summed E-state index contributed by atoms with van der Waals surface area (Å²) < 4.78 is 39.9. The SMILES string of the molecule is O=C(Nc1cc(S(=O)(=O)N2CCOCC2)ccc1Oc1ccccc1)c1ccc2ncsc2c1. The molecule has 1 saturated heterocycles. The van der Waals surface area contributed by atoms with Crippen molar-refractivity contribution in [3.8, 4) is 11.5 Å². The van der Waals surface area contributed by atoms with Crippen LogP contribution in [0.3, 0.4) is 0 Å². The number of para-hydroxylation sites is 1. The molecule has 0 unspecified atom stereocenters. The Morgan fingerprint density at radius 3 is 2.62 bits per heavy atom. The molecule has 1 aromatic heterocycles. The minimum absolute atomic E-state index is 0.0722. The maximum Gasteiger partial charge on any atom is 0.255 e. The number of nitrogens with one attached hydrogen (secondary N) is 1. The van der Waals surface area contributed by atoms with E-state index in [2.05, 4.69) is 10.3 Å². The summed E-state index contributed by atoms with van der Waals surface area (Å²) in [6, 6.07) is 18.8. The Bertz CT molecular complexity index is 1430. The molecule has 1 fully saturated rings. The molecule has 5 rings (SSSR count). The molecule has 0 spiro atoms. The van der Waals surface area contributed by atoms with Gasteiger partial charge in [-0.3, -0.25) is 4.79 Å². The lowest BCUT2D eigenvalue weighted by Gasteiger charge is -2.26. The Balaban J connectivity index is 1.49. The second-order valence-corrected chi connectivity index (χ2v) is 10.4. The predicted molar refractivity (Wildman–Crippen MR) is 130 cm³/mol. The van der Waals surface area contributed by atoms with E-state index in [0.717, 1.165) is 10.2 Å². The summed E-state index contributed by atoms with van der Waals surface area (Å²) in [5, 5.41) is 2.83. The number of carbonyl (C=O) groups is 1. The van der Waals surface area contributed by atoms with Crippen molar-refractivity contribution < 1.29 is 22.7 Å². The lowest BCUT2D eigenvalue weighted by Crippen LogP contribution is -2.40. The second-order valence-electron chi connectivity index (χ2n) is 7.58. The first-order chi connectivity index (χ1) is 16.5. The number of thiazole rings is 1. The quantitative estimate of drug-likeness (QED) is 0.427. The molecule has 8 nitrogen and oxygen atoms in total. The van der Waals surface area contributed by atoms with Crippen LogP contribution in [0.2, 0.25) is 0 Å². The number of aromatic nitrogens is 1. The molecule has 1 aliphatic heterocycles. The van der Waals surface area contributed by atoms with Crippen LogP contribution in [0.1, 0.15) is 10.4 Å². The fourth-order valence-corrected chi connectivity index (χ4v) is 5.75. The molecule has 10 heteroatoms. The number of carbonyl (C=O) groups excluding carboxylic acids is 1. The average molecular weight is 496 g/mol. The van der Waals surface area contributed by atoms with Crippen LogP contribution in [0.5, 0.6) is 11.5 Å². The van der Waals surface area contributed by atoms with Crippen LogP contribution in [0.25, 0.3) is 10.2 Å². The van der Waals surface area contributed by atoms with Crippen LogP contribution >= 0.6 is 11.3 Å². The Hall–Kier alpha value is -3.31. The van der Waals surface area contributed by atoms with E-state index in [4.69, 9.17) is 9.47 Å². The highest BCUT2D eigenvalue weighted by atomic mass is 32.2. The Morgan fingerprint density at radius 2 is 1.82 bits per heavy atom. The number of morpholine rings is 1. The zero-order valence-corrected chi connectivity index (χ0v) is 19.6. The van der Waals surface area contributed by atoms with Crippen molar-refractivity contribution in [1.29, 1.82) is 0 Å². The molecule has 0 radical (unpaired) electrons. The van der Waals surface area contributed by atoms with Crippen molar-refractivity contribution in [2.45, 2.75) is 4.90 Å². The molecule has 2 heterocycles. The van der Waals surface area contributed by atoms with Gasteiger partial charge in [0.05, 0.1) is 39.5 Å².